The molecule has 0 aliphatic rings. The SMILES string of the molecule is CCOC(C)c1nc(COc2ccc(OC)cc2C(N)=O)cs1. The van der Waals surface area contributed by atoms with Gasteiger partial charge in [-0.05, 0) is 32.0 Å². The van der Waals surface area contributed by atoms with Crippen LogP contribution in [0.25, 0.3) is 0 Å². The number of methoxy groups -OCH3 is 1. The van der Waals surface area contributed by atoms with Gasteiger partial charge in [-0.3, -0.25) is 4.79 Å². The number of hydrogen-bond donors (Lipinski definition) is 1. The molecule has 7 heteroatoms. The number of hydrogen-bond acceptors (Lipinski definition) is 6. The number of primary amides is 1. The summed E-state index contributed by atoms with van der Waals surface area (Å²) in [6.45, 7) is 4.80. The van der Waals surface area contributed by atoms with E-state index < -0.39 is 5.91 Å². The second-order valence-electron chi connectivity index (χ2n) is 4.79. The monoisotopic (exact) mass is 336 g/mol. The largest absolute Gasteiger partial charge is 0.497 e. The molecule has 1 amide bonds. The maximum Gasteiger partial charge on any atom is 0.252 e. The first-order valence-corrected chi connectivity index (χ1v) is 8.09. The molecule has 1 aromatic carbocycles. The Balaban J connectivity index is 2.07. The smallest absolute Gasteiger partial charge is 0.252 e. The third-order valence-corrected chi connectivity index (χ3v) is 4.22. The van der Waals surface area contributed by atoms with E-state index in [0.29, 0.717) is 18.1 Å². The van der Waals surface area contributed by atoms with Gasteiger partial charge in [-0.25, -0.2) is 4.98 Å². The van der Waals surface area contributed by atoms with Gasteiger partial charge in [-0.1, -0.05) is 0 Å². The lowest BCUT2D eigenvalue weighted by molar-refractivity contribution is 0.0760. The van der Waals surface area contributed by atoms with Gasteiger partial charge in [0.05, 0.1) is 18.4 Å². The summed E-state index contributed by atoms with van der Waals surface area (Å²) in [5.41, 5.74) is 6.44. The van der Waals surface area contributed by atoms with Crippen molar-refractivity contribution in [2.24, 2.45) is 5.73 Å². The lowest BCUT2D eigenvalue weighted by Gasteiger charge is -2.10. The van der Waals surface area contributed by atoms with Crippen molar-refractivity contribution in [3.8, 4) is 11.5 Å². The second-order valence-corrected chi connectivity index (χ2v) is 5.68. The zero-order valence-corrected chi connectivity index (χ0v) is 14.2. The highest BCUT2D eigenvalue weighted by Crippen LogP contribution is 2.26. The van der Waals surface area contributed by atoms with Crippen LogP contribution in [0.2, 0.25) is 0 Å². The van der Waals surface area contributed by atoms with Gasteiger partial charge in [0.15, 0.2) is 0 Å². The molecule has 1 atom stereocenters. The Bertz CT molecular complexity index is 672. The molecule has 0 saturated heterocycles. The first-order valence-electron chi connectivity index (χ1n) is 7.21. The van der Waals surface area contributed by atoms with E-state index in [0.717, 1.165) is 10.7 Å². The van der Waals surface area contributed by atoms with Crippen molar-refractivity contribution in [3.05, 3.63) is 39.8 Å². The molecular weight excluding hydrogens is 316 g/mol. The standard InChI is InChI=1S/C16H20N2O4S/c1-4-21-10(2)16-18-11(9-23-16)8-22-14-6-5-12(20-3)7-13(14)15(17)19/h5-7,9-10H,4,8H2,1-3H3,(H2,17,19). The minimum atomic E-state index is -0.567. The fourth-order valence-corrected chi connectivity index (χ4v) is 2.81. The highest BCUT2D eigenvalue weighted by molar-refractivity contribution is 7.09. The summed E-state index contributed by atoms with van der Waals surface area (Å²) in [6, 6.07) is 4.93. The fraction of sp³-hybridized carbons (Fsp3) is 0.375. The molecule has 0 aliphatic heterocycles. The summed E-state index contributed by atoms with van der Waals surface area (Å²) in [5.74, 6) is 0.390. The van der Waals surface area contributed by atoms with Crippen LogP contribution in [0.5, 0.6) is 11.5 Å². The van der Waals surface area contributed by atoms with E-state index in [-0.39, 0.29) is 18.3 Å². The molecule has 0 bridgehead atoms. The Hall–Kier alpha value is -2.12. The van der Waals surface area contributed by atoms with Crippen LogP contribution in [-0.2, 0) is 11.3 Å². The maximum atomic E-state index is 11.5. The van der Waals surface area contributed by atoms with Crippen molar-refractivity contribution in [2.75, 3.05) is 13.7 Å². The summed E-state index contributed by atoms with van der Waals surface area (Å²) >= 11 is 1.52. The van der Waals surface area contributed by atoms with Crippen LogP contribution in [0.15, 0.2) is 23.6 Å². The van der Waals surface area contributed by atoms with E-state index in [1.165, 1.54) is 18.4 Å². The molecule has 23 heavy (non-hydrogen) atoms. The minimum absolute atomic E-state index is 0.0408. The predicted octanol–water partition coefficient (Wildman–Crippen LogP) is 2.93. The average Bonchev–Trinajstić information content (AvgIpc) is 3.02. The molecular formula is C16H20N2O4S. The van der Waals surface area contributed by atoms with Gasteiger partial charge in [-0.15, -0.1) is 11.3 Å². The fourth-order valence-electron chi connectivity index (χ4n) is 2.00. The van der Waals surface area contributed by atoms with Gasteiger partial charge < -0.3 is 19.9 Å². The number of aromatic nitrogens is 1. The van der Waals surface area contributed by atoms with Crippen LogP contribution >= 0.6 is 11.3 Å². The van der Waals surface area contributed by atoms with Crippen molar-refractivity contribution >= 4 is 17.2 Å². The number of nitrogens with zero attached hydrogens (tertiary/aromatic N) is 1. The molecule has 0 spiro atoms. The molecule has 0 saturated carbocycles. The summed E-state index contributed by atoms with van der Waals surface area (Å²) in [6.07, 6.45) is -0.0408. The normalized spacial score (nSPS) is 12.0. The van der Waals surface area contributed by atoms with Gasteiger partial charge in [0, 0.05) is 12.0 Å². The number of carbonyl (C=O) groups excluding carboxylic acids is 1. The predicted molar refractivity (Wildman–Crippen MR) is 88.0 cm³/mol. The van der Waals surface area contributed by atoms with Gasteiger partial charge in [0.2, 0.25) is 0 Å². The van der Waals surface area contributed by atoms with Gasteiger partial charge >= 0.3 is 0 Å². The topological polar surface area (TPSA) is 83.7 Å². The Morgan fingerprint density at radius 3 is 2.87 bits per heavy atom. The van der Waals surface area contributed by atoms with Gasteiger partial charge in [-0.2, -0.15) is 0 Å². The lowest BCUT2D eigenvalue weighted by Crippen LogP contribution is -2.13. The van der Waals surface area contributed by atoms with Crippen molar-refractivity contribution in [1.82, 2.24) is 4.98 Å². The zero-order chi connectivity index (χ0) is 16.8. The van der Waals surface area contributed by atoms with E-state index >= 15 is 0 Å². The first kappa shape index (κ1) is 17.2. The summed E-state index contributed by atoms with van der Waals surface area (Å²) in [7, 11) is 1.52. The highest BCUT2D eigenvalue weighted by atomic mass is 32.1. The molecule has 2 rings (SSSR count). The van der Waals surface area contributed by atoms with Crippen molar-refractivity contribution in [2.45, 2.75) is 26.6 Å². The summed E-state index contributed by atoms with van der Waals surface area (Å²) in [5, 5.41) is 2.81. The Morgan fingerprint density at radius 2 is 2.22 bits per heavy atom. The summed E-state index contributed by atoms with van der Waals surface area (Å²) < 4.78 is 16.3. The van der Waals surface area contributed by atoms with Crippen LogP contribution in [0.3, 0.4) is 0 Å². The molecule has 1 aromatic heterocycles. The Kier molecular flexibility index (Phi) is 5.95. The van der Waals surface area contributed by atoms with Crippen molar-refractivity contribution in [1.29, 1.82) is 0 Å². The first-order chi connectivity index (χ1) is 11.0. The molecule has 0 aliphatic carbocycles. The van der Waals surface area contributed by atoms with Crippen LogP contribution in [0.1, 0.15) is 41.0 Å². The number of benzene rings is 1. The van der Waals surface area contributed by atoms with E-state index in [4.69, 9.17) is 19.9 Å². The van der Waals surface area contributed by atoms with Crippen LogP contribution in [0, 0.1) is 0 Å². The number of thiazole rings is 1. The average molecular weight is 336 g/mol. The number of nitrogens with two attached hydrogens (primary N) is 1. The van der Waals surface area contributed by atoms with Gasteiger partial charge in [0.25, 0.3) is 5.91 Å². The summed E-state index contributed by atoms with van der Waals surface area (Å²) in [4.78, 5) is 16.0. The molecule has 0 radical (unpaired) electrons. The van der Waals surface area contributed by atoms with E-state index in [1.54, 1.807) is 18.2 Å². The van der Waals surface area contributed by atoms with Crippen molar-refractivity contribution < 1.29 is 19.0 Å². The third-order valence-electron chi connectivity index (χ3n) is 3.16. The van der Waals surface area contributed by atoms with Gasteiger partial charge in [0.1, 0.15) is 29.2 Å². The molecule has 2 aromatic rings. The Morgan fingerprint density at radius 1 is 1.43 bits per heavy atom. The van der Waals surface area contributed by atoms with Crippen molar-refractivity contribution in [3.63, 3.8) is 0 Å². The van der Waals surface area contributed by atoms with E-state index in [1.807, 2.05) is 19.2 Å². The Labute approximate surface area is 139 Å². The number of ether oxygens (including phenoxy) is 3. The quantitative estimate of drug-likeness (QED) is 0.801. The van der Waals surface area contributed by atoms with Crippen LogP contribution in [-0.4, -0.2) is 24.6 Å². The lowest BCUT2D eigenvalue weighted by atomic mass is 10.2. The molecule has 6 nitrogen and oxygen atoms in total. The second kappa shape index (κ2) is 7.94. The van der Waals surface area contributed by atoms with Crippen LogP contribution in [0.4, 0.5) is 0 Å². The minimum Gasteiger partial charge on any atom is -0.497 e. The van der Waals surface area contributed by atoms with E-state index in [2.05, 4.69) is 4.98 Å². The molecule has 0 fully saturated rings. The maximum absolute atomic E-state index is 11.5. The van der Waals surface area contributed by atoms with E-state index in [9.17, 15) is 4.79 Å². The third kappa shape index (κ3) is 4.43. The highest BCUT2D eigenvalue weighted by Gasteiger charge is 2.14. The zero-order valence-electron chi connectivity index (χ0n) is 13.4. The molecule has 2 N–H and O–H groups in total. The number of amides is 1. The molecule has 124 valence electrons. The number of carbonyl (C=O) groups is 1. The number of rotatable bonds is 8. The molecule has 1 heterocycles. The van der Waals surface area contributed by atoms with Crippen LogP contribution < -0.4 is 15.2 Å². The molecule has 1 unspecified atom stereocenters.